The van der Waals surface area contributed by atoms with Crippen LogP contribution in [0, 0.1) is 0 Å². The zero-order valence-corrected chi connectivity index (χ0v) is 19.7. The molecule has 35 heavy (non-hydrogen) atoms. The third-order valence-electron chi connectivity index (χ3n) is 5.93. The van der Waals surface area contributed by atoms with Crippen LogP contribution in [0.15, 0.2) is 53.5 Å². The molecule has 1 aliphatic rings. The summed E-state index contributed by atoms with van der Waals surface area (Å²) in [6.45, 7) is 4.83. The highest BCUT2D eigenvalue weighted by atomic mass is 16.5. The second kappa shape index (κ2) is 9.61. The van der Waals surface area contributed by atoms with Gasteiger partial charge in [-0.25, -0.2) is 9.67 Å². The Morgan fingerprint density at radius 2 is 2.11 bits per heavy atom. The predicted molar refractivity (Wildman–Crippen MR) is 131 cm³/mol. The summed E-state index contributed by atoms with van der Waals surface area (Å²) in [6, 6.07) is 13.4. The van der Waals surface area contributed by atoms with E-state index in [0.717, 1.165) is 34.7 Å². The van der Waals surface area contributed by atoms with Gasteiger partial charge in [-0.3, -0.25) is 9.59 Å². The monoisotopic (exact) mass is 473 g/mol. The number of aromatic amines is 1. The molecule has 4 aromatic rings. The standard InChI is InChI=1S/C26H27N5O4/c1-3-34-21-12-17-11-16(2)35-22(17)13-18(21)14-27-24(32)10-9-23-29-25-20(26(33)30-23)15-28-31(25)19-7-5-4-6-8-19/h4-8,12-13,15-16H,3,9-11,14H2,1-2H3,(H,27,32)(H,29,30,33)/t16-/m0/s1. The zero-order valence-electron chi connectivity index (χ0n) is 19.7. The molecular weight excluding hydrogens is 446 g/mol. The molecule has 0 saturated carbocycles. The summed E-state index contributed by atoms with van der Waals surface area (Å²) in [5, 5.41) is 7.66. The molecule has 2 aromatic heterocycles. The Balaban J connectivity index is 1.27. The van der Waals surface area contributed by atoms with E-state index in [1.165, 1.54) is 6.20 Å². The number of carbonyl (C=O) groups excluding carboxylic acids is 1. The molecule has 0 fully saturated rings. The highest BCUT2D eigenvalue weighted by Crippen LogP contribution is 2.35. The fourth-order valence-electron chi connectivity index (χ4n) is 4.26. The highest BCUT2D eigenvalue weighted by molar-refractivity contribution is 5.77. The lowest BCUT2D eigenvalue weighted by molar-refractivity contribution is -0.121. The van der Waals surface area contributed by atoms with Gasteiger partial charge < -0.3 is 19.8 Å². The Labute approximate surface area is 202 Å². The summed E-state index contributed by atoms with van der Waals surface area (Å²) in [4.78, 5) is 32.5. The molecule has 0 unspecified atom stereocenters. The van der Waals surface area contributed by atoms with E-state index in [0.29, 0.717) is 36.4 Å². The fraction of sp³-hybridized carbons (Fsp3) is 0.308. The average Bonchev–Trinajstić information content (AvgIpc) is 3.44. The maximum atomic E-state index is 12.6. The van der Waals surface area contributed by atoms with Gasteiger partial charge in [0.25, 0.3) is 5.56 Å². The normalized spacial score (nSPS) is 14.5. The number of aromatic nitrogens is 4. The molecule has 1 aliphatic heterocycles. The zero-order chi connectivity index (χ0) is 24.4. The lowest BCUT2D eigenvalue weighted by Gasteiger charge is -2.13. The molecule has 2 aromatic carbocycles. The lowest BCUT2D eigenvalue weighted by Crippen LogP contribution is -2.24. The lowest BCUT2D eigenvalue weighted by atomic mass is 10.1. The Hall–Kier alpha value is -4.14. The predicted octanol–water partition coefficient (Wildman–Crippen LogP) is 3.08. The molecule has 0 radical (unpaired) electrons. The first-order valence-electron chi connectivity index (χ1n) is 11.8. The minimum absolute atomic E-state index is 0.134. The van der Waals surface area contributed by atoms with Crippen LogP contribution in [0.1, 0.15) is 37.2 Å². The van der Waals surface area contributed by atoms with Crippen molar-refractivity contribution >= 4 is 16.9 Å². The average molecular weight is 474 g/mol. The van der Waals surface area contributed by atoms with E-state index < -0.39 is 0 Å². The van der Waals surface area contributed by atoms with Gasteiger partial charge in [0.2, 0.25) is 5.91 Å². The number of H-pyrrole nitrogens is 1. The number of aryl methyl sites for hydroxylation is 1. The number of carbonyl (C=O) groups is 1. The summed E-state index contributed by atoms with van der Waals surface area (Å²) in [6.07, 6.45) is 2.95. The molecule has 9 heteroatoms. The van der Waals surface area contributed by atoms with Crippen molar-refractivity contribution < 1.29 is 14.3 Å². The minimum Gasteiger partial charge on any atom is -0.494 e. The summed E-state index contributed by atoms with van der Waals surface area (Å²) in [5.41, 5.74) is 2.98. The van der Waals surface area contributed by atoms with Gasteiger partial charge in [0.15, 0.2) is 5.65 Å². The van der Waals surface area contributed by atoms with Crippen LogP contribution in [0.25, 0.3) is 16.7 Å². The smallest absolute Gasteiger partial charge is 0.262 e. The van der Waals surface area contributed by atoms with Crippen LogP contribution in [0.2, 0.25) is 0 Å². The van der Waals surface area contributed by atoms with Crippen molar-refractivity contribution in [3.8, 4) is 17.2 Å². The van der Waals surface area contributed by atoms with Gasteiger partial charge in [0, 0.05) is 36.9 Å². The summed E-state index contributed by atoms with van der Waals surface area (Å²) >= 11 is 0. The van der Waals surface area contributed by atoms with Gasteiger partial charge in [0.1, 0.15) is 28.8 Å². The van der Waals surface area contributed by atoms with Crippen molar-refractivity contribution in [2.24, 2.45) is 0 Å². The van der Waals surface area contributed by atoms with Gasteiger partial charge >= 0.3 is 0 Å². The van der Waals surface area contributed by atoms with Crippen molar-refractivity contribution in [1.82, 2.24) is 25.1 Å². The van der Waals surface area contributed by atoms with E-state index in [1.54, 1.807) is 4.68 Å². The molecule has 0 saturated heterocycles. The molecule has 0 bridgehead atoms. The van der Waals surface area contributed by atoms with Crippen molar-refractivity contribution in [1.29, 1.82) is 0 Å². The van der Waals surface area contributed by atoms with Crippen LogP contribution < -0.4 is 20.3 Å². The van der Waals surface area contributed by atoms with Crippen molar-refractivity contribution in [3.05, 3.63) is 76.0 Å². The number of hydrogen-bond acceptors (Lipinski definition) is 6. The maximum Gasteiger partial charge on any atom is 0.262 e. The van der Waals surface area contributed by atoms with Crippen molar-refractivity contribution in [2.45, 2.75) is 45.8 Å². The number of ether oxygens (including phenoxy) is 2. The second-order valence-electron chi connectivity index (χ2n) is 8.55. The van der Waals surface area contributed by atoms with Crippen LogP contribution in [-0.4, -0.2) is 38.4 Å². The first-order chi connectivity index (χ1) is 17.0. The molecule has 0 aliphatic carbocycles. The fourth-order valence-corrected chi connectivity index (χ4v) is 4.26. The highest BCUT2D eigenvalue weighted by Gasteiger charge is 2.22. The molecule has 5 rings (SSSR count). The molecule has 0 spiro atoms. The van der Waals surface area contributed by atoms with Gasteiger partial charge in [-0.2, -0.15) is 5.10 Å². The van der Waals surface area contributed by atoms with E-state index in [-0.39, 0.29) is 24.0 Å². The molecule has 2 N–H and O–H groups in total. The molecule has 1 atom stereocenters. The quantitative estimate of drug-likeness (QED) is 0.407. The van der Waals surface area contributed by atoms with E-state index in [4.69, 9.17) is 9.47 Å². The number of fused-ring (bicyclic) bond motifs is 2. The van der Waals surface area contributed by atoms with Crippen LogP contribution >= 0.6 is 0 Å². The molecular formula is C26H27N5O4. The Kier molecular flexibility index (Phi) is 6.22. The maximum absolute atomic E-state index is 12.6. The van der Waals surface area contributed by atoms with Gasteiger partial charge in [-0.1, -0.05) is 18.2 Å². The molecule has 1 amide bonds. The Morgan fingerprint density at radius 3 is 2.91 bits per heavy atom. The number of hydrogen-bond donors (Lipinski definition) is 2. The van der Waals surface area contributed by atoms with E-state index >= 15 is 0 Å². The van der Waals surface area contributed by atoms with E-state index in [1.807, 2.05) is 56.3 Å². The number of nitrogens with zero attached hydrogens (tertiary/aromatic N) is 3. The number of para-hydroxylation sites is 1. The van der Waals surface area contributed by atoms with Crippen LogP contribution in [0.5, 0.6) is 11.5 Å². The van der Waals surface area contributed by atoms with Crippen LogP contribution in [-0.2, 0) is 24.2 Å². The number of nitrogens with one attached hydrogen (secondary N) is 2. The van der Waals surface area contributed by atoms with Gasteiger partial charge in [-0.05, 0) is 38.1 Å². The molecule has 9 nitrogen and oxygen atoms in total. The van der Waals surface area contributed by atoms with Crippen molar-refractivity contribution in [2.75, 3.05) is 6.61 Å². The second-order valence-corrected chi connectivity index (χ2v) is 8.55. The first-order valence-corrected chi connectivity index (χ1v) is 11.8. The third-order valence-corrected chi connectivity index (χ3v) is 5.93. The number of benzene rings is 2. The van der Waals surface area contributed by atoms with Gasteiger partial charge in [-0.15, -0.1) is 0 Å². The first kappa shape index (κ1) is 22.6. The summed E-state index contributed by atoms with van der Waals surface area (Å²) < 4.78 is 13.3. The topological polar surface area (TPSA) is 111 Å². The van der Waals surface area contributed by atoms with Gasteiger partial charge in [0.05, 0.1) is 18.5 Å². The Bertz CT molecular complexity index is 1430. The minimum atomic E-state index is -0.277. The molecule has 180 valence electrons. The molecule has 3 heterocycles. The van der Waals surface area contributed by atoms with Crippen LogP contribution in [0.4, 0.5) is 0 Å². The number of amides is 1. The largest absolute Gasteiger partial charge is 0.494 e. The number of rotatable bonds is 8. The van der Waals surface area contributed by atoms with Crippen LogP contribution in [0.3, 0.4) is 0 Å². The van der Waals surface area contributed by atoms with E-state index in [2.05, 4.69) is 20.4 Å². The third kappa shape index (κ3) is 4.75. The summed E-state index contributed by atoms with van der Waals surface area (Å²) in [5.74, 6) is 1.89. The van der Waals surface area contributed by atoms with Crippen molar-refractivity contribution in [3.63, 3.8) is 0 Å². The summed E-state index contributed by atoms with van der Waals surface area (Å²) in [7, 11) is 0. The Morgan fingerprint density at radius 1 is 1.29 bits per heavy atom. The SMILES string of the molecule is CCOc1cc2c(cc1CNC(=O)CCc1nc3c(cnn3-c3ccccc3)c(=O)[nH]1)O[C@@H](C)C2. The van der Waals surface area contributed by atoms with E-state index in [9.17, 15) is 9.59 Å².